The highest BCUT2D eigenvalue weighted by molar-refractivity contribution is 8.05. The lowest BCUT2D eigenvalue weighted by atomic mass is 10.2. The van der Waals surface area contributed by atoms with E-state index in [1.54, 1.807) is 6.92 Å². The zero-order valence-electron chi connectivity index (χ0n) is 8.11. The third-order valence-electron chi connectivity index (χ3n) is 1.42. The van der Waals surface area contributed by atoms with Crippen molar-refractivity contribution in [1.82, 2.24) is 5.32 Å². The molecule has 0 aromatic rings. The summed E-state index contributed by atoms with van der Waals surface area (Å²) in [7, 11) is -1.76. The van der Waals surface area contributed by atoms with Crippen LogP contribution in [0.5, 0.6) is 0 Å². The van der Waals surface area contributed by atoms with Crippen LogP contribution < -0.4 is 5.32 Å². The van der Waals surface area contributed by atoms with Crippen molar-refractivity contribution in [3.8, 4) is 0 Å². The number of aliphatic hydroxyl groups is 1. The average Bonchev–Trinajstić information content (AvgIpc) is 2.02. The second kappa shape index (κ2) is 5.18. The zero-order valence-corrected chi connectivity index (χ0v) is 8.93. The molecule has 1 atom stereocenters. The molecular weight excluding hydrogens is 192 g/mol. The maximum atomic E-state index is 11.0. The number of nitrogens with one attached hydrogen (secondary N) is 1. The van der Waals surface area contributed by atoms with E-state index in [9.17, 15) is 8.42 Å². The Morgan fingerprint density at radius 1 is 1.62 bits per heavy atom. The predicted octanol–water partition coefficient (Wildman–Crippen LogP) is -0.765. The number of nitrogens with zero attached hydrogens (tertiary/aromatic N) is 1. The van der Waals surface area contributed by atoms with E-state index in [4.69, 9.17) is 5.11 Å². The van der Waals surface area contributed by atoms with Gasteiger partial charge in [-0.3, -0.25) is 4.99 Å². The van der Waals surface area contributed by atoms with Gasteiger partial charge in [-0.1, -0.05) is 6.92 Å². The maximum Gasteiger partial charge on any atom is 0.215 e. The molecule has 78 valence electrons. The summed E-state index contributed by atoms with van der Waals surface area (Å²) < 4.78 is 22.0. The van der Waals surface area contributed by atoms with Crippen LogP contribution >= 0.6 is 0 Å². The zero-order chi connectivity index (χ0) is 10.5. The summed E-state index contributed by atoms with van der Waals surface area (Å²) in [6, 6.07) is 0. The number of aliphatic imine (C=N–C) groups is 1. The first-order valence-corrected chi connectivity index (χ1v) is 5.84. The van der Waals surface area contributed by atoms with Crippen LogP contribution in [-0.2, 0) is 9.84 Å². The minimum absolute atomic E-state index is 0.00422. The highest BCUT2D eigenvalue weighted by Crippen LogP contribution is 1.95. The summed E-state index contributed by atoms with van der Waals surface area (Å²) >= 11 is 0. The molecule has 13 heavy (non-hydrogen) atoms. The van der Waals surface area contributed by atoms with Gasteiger partial charge < -0.3 is 10.4 Å². The van der Waals surface area contributed by atoms with Crippen LogP contribution in [-0.4, -0.2) is 45.1 Å². The molecule has 0 aliphatic carbocycles. The van der Waals surface area contributed by atoms with Gasteiger partial charge in [0.05, 0.1) is 0 Å². The molecule has 0 spiro atoms. The fourth-order valence-corrected chi connectivity index (χ4v) is 1.36. The summed E-state index contributed by atoms with van der Waals surface area (Å²) in [5, 5.41) is 11.2. The van der Waals surface area contributed by atoms with Crippen LogP contribution in [0.25, 0.3) is 0 Å². The van der Waals surface area contributed by atoms with E-state index in [2.05, 4.69) is 10.3 Å². The summed E-state index contributed by atoms with van der Waals surface area (Å²) in [5.74, 6) is -0.0231. The summed E-state index contributed by atoms with van der Waals surface area (Å²) in [6.45, 7) is 2.10. The van der Waals surface area contributed by atoms with Gasteiger partial charge in [0.25, 0.3) is 0 Å². The van der Waals surface area contributed by atoms with Crippen molar-refractivity contribution in [2.24, 2.45) is 10.9 Å². The normalized spacial score (nSPS) is 15.5. The molecule has 6 heteroatoms. The monoisotopic (exact) mass is 208 g/mol. The van der Waals surface area contributed by atoms with Crippen molar-refractivity contribution in [2.75, 3.05) is 26.5 Å². The lowest BCUT2D eigenvalue weighted by Gasteiger charge is -2.06. The average molecular weight is 208 g/mol. The standard InChI is InChI=1S/C7H16N2O3S/c1-6(5-10)4-9-7(8-2)13(3,11)12/h6,10H,4-5H2,1-3H3,(H,8,9). The fraction of sp³-hybridized carbons (Fsp3) is 0.857. The molecule has 0 saturated carbocycles. The molecule has 0 aromatic carbocycles. The van der Waals surface area contributed by atoms with Gasteiger partial charge in [0.15, 0.2) is 0 Å². The van der Waals surface area contributed by atoms with Gasteiger partial charge in [-0.25, -0.2) is 8.42 Å². The van der Waals surface area contributed by atoms with E-state index in [1.165, 1.54) is 7.05 Å². The molecule has 0 heterocycles. The number of hydrogen-bond donors (Lipinski definition) is 2. The van der Waals surface area contributed by atoms with Crippen molar-refractivity contribution < 1.29 is 13.5 Å². The van der Waals surface area contributed by atoms with E-state index in [0.717, 1.165) is 6.26 Å². The summed E-state index contributed by atoms with van der Waals surface area (Å²) in [4.78, 5) is 3.84. The van der Waals surface area contributed by atoms with Gasteiger partial charge in [0.2, 0.25) is 15.0 Å². The lowest BCUT2D eigenvalue weighted by molar-refractivity contribution is 0.242. The van der Waals surface area contributed by atoms with Gasteiger partial charge in [-0.15, -0.1) is 0 Å². The first-order chi connectivity index (χ1) is 5.91. The molecule has 5 nitrogen and oxygen atoms in total. The van der Waals surface area contributed by atoms with Crippen molar-refractivity contribution in [3.05, 3.63) is 0 Å². The number of sulfone groups is 1. The third kappa shape index (κ3) is 4.84. The minimum Gasteiger partial charge on any atom is -0.396 e. The second-order valence-corrected chi connectivity index (χ2v) is 4.89. The fourth-order valence-electron chi connectivity index (χ4n) is 0.678. The van der Waals surface area contributed by atoms with Gasteiger partial charge in [0, 0.05) is 26.5 Å². The predicted molar refractivity (Wildman–Crippen MR) is 52.5 cm³/mol. The molecule has 0 bridgehead atoms. The number of rotatable bonds is 3. The van der Waals surface area contributed by atoms with Crippen molar-refractivity contribution in [1.29, 1.82) is 0 Å². The molecule has 2 N–H and O–H groups in total. The Balaban J connectivity index is 4.42. The minimum atomic E-state index is -3.26. The van der Waals surface area contributed by atoms with Crippen LogP contribution in [0.2, 0.25) is 0 Å². The Morgan fingerprint density at radius 2 is 2.15 bits per heavy atom. The van der Waals surface area contributed by atoms with Crippen LogP contribution in [0.4, 0.5) is 0 Å². The molecule has 0 amide bonds. The molecule has 0 aliphatic rings. The SMILES string of the molecule is CN/C(=N\CC(C)CO)S(C)(=O)=O. The largest absolute Gasteiger partial charge is 0.396 e. The second-order valence-electron chi connectivity index (χ2n) is 2.96. The van der Waals surface area contributed by atoms with E-state index in [0.29, 0.717) is 6.54 Å². The Labute approximate surface area is 78.8 Å². The van der Waals surface area contributed by atoms with Crippen molar-refractivity contribution >= 4 is 15.0 Å². The van der Waals surface area contributed by atoms with Crippen molar-refractivity contribution in [3.63, 3.8) is 0 Å². The van der Waals surface area contributed by atoms with E-state index < -0.39 is 9.84 Å². The Kier molecular flexibility index (Phi) is 4.94. The molecule has 0 fully saturated rings. The van der Waals surface area contributed by atoms with Crippen LogP contribution in [0.1, 0.15) is 6.92 Å². The molecule has 0 rings (SSSR count). The highest BCUT2D eigenvalue weighted by atomic mass is 32.2. The quantitative estimate of drug-likeness (QED) is 0.472. The van der Waals surface area contributed by atoms with Crippen LogP contribution in [0.3, 0.4) is 0 Å². The summed E-state index contributed by atoms with van der Waals surface area (Å²) in [5.41, 5.74) is 0. The van der Waals surface area contributed by atoms with Gasteiger partial charge in [-0.2, -0.15) is 0 Å². The van der Waals surface area contributed by atoms with Gasteiger partial charge >= 0.3 is 0 Å². The Morgan fingerprint density at radius 3 is 2.46 bits per heavy atom. The topological polar surface area (TPSA) is 78.8 Å². The lowest BCUT2D eigenvalue weighted by Crippen LogP contribution is -2.28. The molecule has 0 aromatic heterocycles. The first kappa shape index (κ1) is 12.4. The van der Waals surface area contributed by atoms with Crippen molar-refractivity contribution in [2.45, 2.75) is 6.92 Å². The maximum absolute atomic E-state index is 11.0. The Hall–Kier alpha value is -0.620. The first-order valence-electron chi connectivity index (χ1n) is 3.95. The van der Waals surface area contributed by atoms with Crippen LogP contribution in [0.15, 0.2) is 4.99 Å². The Bertz CT molecular complexity index is 271. The molecule has 0 saturated heterocycles. The molecule has 0 aliphatic heterocycles. The number of amidine groups is 1. The van der Waals surface area contributed by atoms with E-state index >= 15 is 0 Å². The van der Waals surface area contributed by atoms with E-state index in [-0.39, 0.29) is 17.7 Å². The van der Waals surface area contributed by atoms with Gasteiger partial charge in [0.1, 0.15) is 0 Å². The number of aliphatic hydroxyl groups excluding tert-OH is 1. The number of hydrogen-bond acceptors (Lipinski definition) is 4. The smallest absolute Gasteiger partial charge is 0.215 e. The highest BCUT2D eigenvalue weighted by Gasteiger charge is 2.10. The van der Waals surface area contributed by atoms with Crippen LogP contribution in [0, 0.1) is 5.92 Å². The molecule has 0 radical (unpaired) electrons. The third-order valence-corrected chi connectivity index (χ3v) is 2.46. The van der Waals surface area contributed by atoms with E-state index in [1.807, 2.05) is 0 Å². The van der Waals surface area contributed by atoms with Gasteiger partial charge in [-0.05, 0) is 5.92 Å². The summed E-state index contributed by atoms with van der Waals surface area (Å²) in [6.07, 6.45) is 1.09. The molecule has 1 unspecified atom stereocenters. The molecular formula is C7H16N2O3S.